The molecule has 0 radical (unpaired) electrons. The molecule has 33 heavy (non-hydrogen) atoms. The van der Waals surface area contributed by atoms with Crippen LogP contribution in [0.2, 0.25) is 0 Å². The second kappa shape index (κ2) is 10.6. The van der Waals surface area contributed by atoms with E-state index in [0.717, 1.165) is 15.4 Å². The number of ether oxygens (including phenoxy) is 2. The number of aryl methyl sites for hydroxylation is 1. The van der Waals surface area contributed by atoms with Crippen LogP contribution >= 0.6 is 0 Å². The van der Waals surface area contributed by atoms with Gasteiger partial charge >= 0.3 is 0 Å². The van der Waals surface area contributed by atoms with Gasteiger partial charge in [-0.3, -0.25) is 9.10 Å². The lowest BCUT2D eigenvalue weighted by atomic mass is 10.2. The van der Waals surface area contributed by atoms with E-state index in [0.29, 0.717) is 11.5 Å². The van der Waals surface area contributed by atoms with Crippen molar-refractivity contribution in [1.82, 2.24) is 5.43 Å². The highest BCUT2D eigenvalue weighted by Gasteiger charge is 2.29. The molecule has 1 N–H and O–H groups in total. The summed E-state index contributed by atoms with van der Waals surface area (Å²) >= 11 is 0. The SMILES string of the molecule is COc1ccc(S(=O)(=O)N(CC(=O)N/N=C\c2ccc(C)cc2)c2ccccc2OC)cc1. The van der Waals surface area contributed by atoms with Crippen LogP contribution in [0.4, 0.5) is 5.69 Å². The Morgan fingerprint density at radius 3 is 2.27 bits per heavy atom. The third-order valence-electron chi connectivity index (χ3n) is 4.77. The topological polar surface area (TPSA) is 97.3 Å². The minimum absolute atomic E-state index is 0.00478. The third kappa shape index (κ3) is 5.89. The number of hydrogen-bond acceptors (Lipinski definition) is 6. The van der Waals surface area contributed by atoms with Gasteiger partial charge < -0.3 is 9.47 Å². The van der Waals surface area contributed by atoms with E-state index in [1.165, 1.54) is 32.6 Å². The van der Waals surface area contributed by atoms with Crippen molar-refractivity contribution in [3.8, 4) is 11.5 Å². The van der Waals surface area contributed by atoms with E-state index in [1.807, 2.05) is 31.2 Å². The lowest BCUT2D eigenvalue weighted by molar-refractivity contribution is -0.119. The number of carbonyl (C=O) groups is 1. The Balaban J connectivity index is 1.88. The number of rotatable bonds is 9. The zero-order valence-electron chi connectivity index (χ0n) is 18.6. The van der Waals surface area contributed by atoms with E-state index in [-0.39, 0.29) is 10.6 Å². The van der Waals surface area contributed by atoms with Crippen molar-refractivity contribution in [1.29, 1.82) is 0 Å². The molecule has 0 atom stereocenters. The largest absolute Gasteiger partial charge is 0.497 e. The molecule has 1 amide bonds. The first kappa shape index (κ1) is 23.8. The number of amides is 1. The predicted octanol–water partition coefficient (Wildman–Crippen LogP) is 3.36. The number of benzene rings is 3. The van der Waals surface area contributed by atoms with Crippen LogP contribution in [0.1, 0.15) is 11.1 Å². The number of hydrazone groups is 1. The minimum atomic E-state index is -4.10. The standard InChI is InChI=1S/C24H25N3O5S/c1-18-8-10-19(11-9-18)16-25-26-24(28)17-27(22-6-4-5-7-23(22)32-3)33(29,30)21-14-12-20(31-2)13-15-21/h4-16H,17H2,1-3H3,(H,26,28)/b25-16-. The average Bonchev–Trinajstić information content (AvgIpc) is 2.83. The number of carbonyl (C=O) groups excluding carboxylic acids is 1. The van der Waals surface area contributed by atoms with Gasteiger partial charge in [0.05, 0.1) is 31.0 Å². The Hall–Kier alpha value is -3.85. The number of anilines is 1. The smallest absolute Gasteiger partial charge is 0.264 e. The molecule has 0 saturated heterocycles. The molecule has 0 aromatic heterocycles. The Labute approximate surface area is 193 Å². The lowest BCUT2D eigenvalue weighted by Gasteiger charge is -2.25. The first-order chi connectivity index (χ1) is 15.8. The summed E-state index contributed by atoms with van der Waals surface area (Å²) in [6, 6.07) is 20.1. The molecule has 0 unspecified atom stereocenters. The molecule has 0 bridgehead atoms. The zero-order chi connectivity index (χ0) is 23.8. The van der Waals surface area contributed by atoms with Gasteiger partial charge in [0.15, 0.2) is 0 Å². The Kier molecular flexibility index (Phi) is 7.68. The maximum Gasteiger partial charge on any atom is 0.264 e. The Bertz CT molecular complexity index is 1220. The molecular formula is C24H25N3O5S. The average molecular weight is 468 g/mol. The molecule has 0 aliphatic carbocycles. The van der Waals surface area contributed by atoms with Gasteiger partial charge in [-0.2, -0.15) is 5.10 Å². The van der Waals surface area contributed by atoms with Crippen molar-refractivity contribution in [3.05, 3.63) is 83.9 Å². The van der Waals surface area contributed by atoms with Gasteiger partial charge in [-0.25, -0.2) is 13.8 Å². The summed E-state index contributed by atoms with van der Waals surface area (Å²) in [5, 5.41) is 3.94. The molecule has 8 nitrogen and oxygen atoms in total. The van der Waals surface area contributed by atoms with Crippen molar-refractivity contribution in [2.45, 2.75) is 11.8 Å². The fourth-order valence-electron chi connectivity index (χ4n) is 3.01. The summed E-state index contributed by atoms with van der Waals surface area (Å²) in [6.45, 7) is 1.47. The van der Waals surface area contributed by atoms with Crippen LogP contribution in [0.3, 0.4) is 0 Å². The molecule has 0 heterocycles. The van der Waals surface area contributed by atoms with Gasteiger partial charge in [-0.05, 0) is 48.9 Å². The van der Waals surface area contributed by atoms with Crippen molar-refractivity contribution in [2.24, 2.45) is 5.10 Å². The van der Waals surface area contributed by atoms with E-state index in [2.05, 4.69) is 10.5 Å². The summed E-state index contributed by atoms with van der Waals surface area (Å²) in [4.78, 5) is 12.7. The van der Waals surface area contributed by atoms with E-state index >= 15 is 0 Å². The Morgan fingerprint density at radius 2 is 1.64 bits per heavy atom. The summed E-state index contributed by atoms with van der Waals surface area (Å²) in [5.41, 5.74) is 4.52. The van der Waals surface area contributed by atoms with Gasteiger partial charge in [0.1, 0.15) is 18.0 Å². The predicted molar refractivity (Wildman–Crippen MR) is 127 cm³/mol. The molecular weight excluding hydrogens is 442 g/mol. The molecule has 3 rings (SSSR count). The lowest BCUT2D eigenvalue weighted by Crippen LogP contribution is -2.39. The van der Waals surface area contributed by atoms with Crippen LogP contribution in [0.15, 0.2) is 82.8 Å². The minimum Gasteiger partial charge on any atom is -0.497 e. The third-order valence-corrected chi connectivity index (χ3v) is 6.54. The second-order valence-corrected chi connectivity index (χ2v) is 8.93. The van der Waals surface area contributed by atoms with Gasteiger partial charge in [0.25, 0.3) is 15.9 Å². The zero-order valence-corrected chi connectivity index (χ0v) is 19.4. The molecule has 172 valence electrons. The van der Waals surface area contributed by atoms with Crippen LogP contribution in [-0.2, 0) is 14.8 Å². The monoisotopic (exact) mass is 467 g/mol. The molecule has 3 aromatic carbocycles. The normalized spacial score (nSPS) is 11.2. The van der Waals surface area contributed by atoms with Crippen LogP contribution in [0, 0.1) is 6.92 Å². The maximum atomic E-state index is 13.5. The highest BCUT2D eigenvalue weighted by Crippen LogP contribution is 2.32. The molecule has 0 spiro atoms. The van der Waals surface area contributed by atoms with Crippen molar-refractivity contribution in [3.63, 3.8) is 0 Å². The molecule has 0 saturated carbocycles. The fourth-order valence-corrected chi connectivity index (χ4v) is 4.44. The number of sulfonamides is 1. The first-order valence-corrected chi connectivity index (χ1v) is 11.5. The number of nitrogens with one attached hydrogen (secondary N) is 1. The van der Waals surface area contributed by atoms with Crippen LogP contribution in [0.5, 0.6) is 11.5 Å². The van der Waals surface area contributed by atoms with Crippen LogP contribution in [-0.4, -0.2) is 41.3 Å². The fraction of sp³-hybridized carbons (Fsp3) is 0.167. The van der Waals surface area contributed by atoms with Crippen LogP contribution in [0.25, 0.3) is 0 Å². The summed E-state index contributed by atoms with van der Waals surface area (Å²) in [5.74, 6) is 0.216. The maximum absolute atomic E-state index is 13.5. The number of para-hydroxylation sites is 2. The van der Waals surface area contributed by atoms with E-state index in [1.54, 1.807) is 36.4 Å². The van der Waals surface area contributed by atoms with E-state index in [9.17, 15) is 13.2 Å². The summed E-state index contributed by atoms with van der Waals surface area (Å²) in [7, 11) is -1.18. The van der Waals surface area contributed by atoms with Gasteiger partial charge in [0, 0.05) is 0 Å². The quantitative estimate of drug-likeness (QED) is 0.384. The van der Waals surface area contributed by atoms with Gasteiger partial charge in [0.2, 0.25) is 0 Å². The summed E-state index contributed by atoms with van der Waals surface area (Å²) in [6.07, 6.45) is 1.49. The van der Waals surface area contributed by atoms with Crippen molar-refractivity contribution < 1.29 is 22.7 Å². The van der Waals surface area contributed by atoms with Gasteiger partial charge in [-0.15, -0.1) is 0 Å². The van der Waals surface area contributed by atoms with Crippen molar-refractivity contribution >= 4 is 27.8 Å². The number of hydrogen-bond donors (Lipinski definition) is 1. The molecule has 0 aliphatic heterocycles. The molecule has 0 aliphatic rings. The summed E-state index contributed by atoms with van der Waals surface area (Å²) < 4.78 is 38.4. The van der Waals surface area contributed by atoms with Crippen LogP contribution < -0.4 is 19.2 Å². The molecule has 0 fully saturated rings. The molecule has 9 heteroatoms. The highest BCUT2D eigenvalue weighted by molar-refractivity contribution is 7.92. The second-order valence-electron chi connectivity index (χ2n) is 7.06. The number of nitrogens with zero attached hydrogens (tertiary/aromatic N) is 2. The van der Waals surface area contributed by atoms with Crippen molar-refractivity contribution in [2.75, 3.05) is 25.1 Å². The molecule has 3 aromatic rings. The van der Waals surface area contributed by atoms with Gasteiger partial charge in [-0.1, -0.05) is 42.0 Å². The van der Waals surface area contributed by atoms with E-state index in [4.69, 9.17) is 9.47 Å². The Morgan fingerprint density at radius 1 is 0.970 bits per heavy atom. The first-order valence-electron chi connectivity index (χ1n) is 10.0. The van der Waals surface area contributed by atoms with E-state index < -0.39 is 22.5 Å². The number of methoxy groups -OCH3 is 2. The highest BCUT2D eigenvalue weighted by atomic mass is 32.2.